The first-order chi connectivity index (χ1) is 12.7. The van der Waals surface area contributed by atoms with E-state index in [1.807, 2.05) is 59.5 Å². The minimum Gasteiger partial charge on any atom is -0.378 e. The van der Waals surface area contributed by atoms with Crippen molar-refractivity contribution in [1.82, 2.24) is 9.88 Å². The molecule has 2 heterocycles. The van der Waals surface area contributed by atoms with Crippen molar-refractivity contribution in [2.45, 2.75) is 9.92 Å². The van der Waals surface area contributed by atoms with Crippen LogP contribution in [0.5, 0.6) is 0 Å². The van der Waals surface area contributed by atoms with E-state index >= 15 is 0 Å². The number of para-hydroxylation sites is 1. The number of hydrogen-bond donors (Lipinski definition) is 0. The van der Waals surface area contributed by atoms with Gasteiger partial charge < -0.3 is 9.64 Å². The van der Waals surface area contributed by atoms with E-state index in [0.717, 1.165) is 20.8 Å². The number of pyridine rings is 1. The van der Waals surface area contributed by atoms with Gasteiger partial charge in [0.05, 0.1) is 24.3 Å². The highest BCUT2D eigenvalue weighted by atomic mass is 35.5. The van der Waals surface area contributed by atoms with Crippen molar-refractivity contribution in [1.29, 1.82) is 0 Å². The molecule has 0 atom stereocenters. The number of hydrogen-bond acceptors (Lipinski definition) is 4. The Bertz CT molecular complexity index is 940. The number of nitrogens with zero attached hydrogens (tertiary/aromatic N) is 2. The molecule has 1 fully saturated rings. The second kappa shape index (κ2) is 7.66. The molecule has 0 aliphatic carbocycles. The van der Waals surface area contributed by atoms with E-state index in [1.165, 1.54) is 11.8 Å². The molecular weight excluding hydrogens is 368 g/mol. The maximum absolute atomic E-state index is 13.1. The van der Waals surface area contributed by atoms with Crippen molar-refractivity contribution in [3.63, 3.8) is 0 Å². The molecule has 1 amide bonds. The van der Waals surface area contributed by atoms with Gasteiger partial charge in [0.1, 0.15) is 5.03 Å². The van der Waals surface area contributed by atoms with Crippen molar-refractivity contribution in [3.05, 3.63) is 65.2 Å². The van der Waals surface area contributed by atoms with Crippen LogP contribution in [0.4, 0.5) is 0 Å². The average Bonchev–Trinajstić information content (AvgIpc) is 2.69. The molecule has 26 heavy (non-hydrogen) atoms. The fourth-order valence-electron chi connectivity index (χ4n) is 2.94. The summed E-state index contributed by atoms with van der Waals surface area (Å²) in [6.07, 6.45) is 0. The van der Waals surface area contributed by atoms with Crippen LogP contribution in [0.2, 0.25) is 5.02 Å². The fourth-order valence-corrected chi connectivity index (χ4v) is 3.90. The van der Waals surface area contributed by atoms with E-state index in [-0.39, 0.29) is 5.91 Å². The van der Waals surface area contributed by atoms with Gasteiger partial charge in [-0.15, -0.1) is 0 Å². The van der Waals surface area contributed by atoms with E-state index in [1.54, 1.807) is 0 Å². The summed E-state index contributed by atoms with van der Waals surface area (Å²) in [4.78, 5) is 20.7. The van der Waals surface area contributed by atoms with Crippen LogP contribution in [-0.2, 0) is 4.74 Å². The molecule has 1 aliphatic rings. The molecular formula is C20H17ClN2O2S. The summed E-state index contributed by atoms with van der Waals surface area (Å²) in [6, 6.07) is 17.3. The number of morpholine rings is 1. The lowest BCUT2D eigenvalue weighted by Gasteiger charge is -2.27. The quantitative estimate of drug-likeness (QED) is 0.666. The minimum atomic E-state index is 0.0323. The smallest absolute Gasteiger partial charge is 0.254 e. The third-order valence-electron chi connectivity index (χ3n) is 4.26. The number of benzene rings is 2. The first kappa shape index (κ1) is 17.3. The lowest BCUT2D eigenvalue weighted by molar-refractivity contribution is 0.0304. The van der Waals surface area contributed by atoms with E-state index < -0.39 is 0 Å². The van der Waals surface area contributed by atoms with Crippen LogP contribution in [0.15, 0.2) is 64.5 Å². The Morgan fingerprint density at radius 3 is 2.58 bits per heavy atom. The van der Waals surface area contributed by atoms with Crippen LogP contribution in [0.25, 0.3) is 10.9 Å². The number of amides is 1. The standard InChI is InChI=1S/C20H17ClN2O2S/c21-14-5-7-15(8-6-14)26-19-13-17(16-3-1-2-4-18(16)22-19)20(24)23-9-11-25-12-10-23/h1-8,13H,9-12H2. The predicted molar refractivity (Wildman–Crippen MR) is 104 cm³/mol. The van der Waals surface area contributed by atoms with E-state index in [9.17, 15) is 4.79 Å². The van der Waals surface area contributed by atoms with Crippen LogP contribution < -0.4 is 0 Å². The SMILES string of the molecule is O=C(c1cc(Sc2ccc(Cl)cc2)nc2ccccc12)N1CCOCC1. The van der Waals surface area contributed by atoms with Crippen molar-refractivity contribution in [3.8, 4) is 0 Å². The molecule has 0 bridgehead atoms. The molecule has 4 rings (SSSR count). The van der Waals surface area contributed by atoms with Gasteiger partial charge in [0.2, 0.25) is 0 Å². The van der Waals surface area contributed by atoms with E-state index in [2.05, 4.69) is 0 Å². The highest BCUT2D eigenvalue weighted by Gasteiger charge is 2.21. The number of carbonyl (C=O) groups excluding carboxylic acids is 1. The number of aromatic nitrogens is 1. The molecule has 2 aromatic carbocycles. The zero-order chi connectivity index (χ0) is 17.9. The monoisotopic (exact) mass is 384 g/mol. The molecule has 1 aliphatic heterocycles. The number of fused-ring (bicyclic) bond motifs is 1. The summed E-state index contributed by atoms with van der Waals surface area (Å²) in [6.45, 7) is 2.41. The van der Waals surface area contributed by atoms with Crippen LogP contribution in [-0.4, -0.2) is 42.1 Å². The predicted octanol–water partition coefficient (Wildman–Crippen LogP) is 4.51. The number of rotatable bonds is 3. The third kappa shape index (κ3) is 3.70. The number of halogens is 1. The average molecular weight is 385 g/mol. The Hall–Kier alpha value is -2.08. The molecule has 0 radical (unpaired) electrons. The fraction of sp³-hybridized carbons (Fsp3) is 0.200. The molecule has 132 valence electrons. The molecule has 1 saturated heterocycles. The molecule has 0 N–H and O–H groups in total. The Kier molecular flexibility index (Phi) is 5.11. The van der Waals surface area contributed by atoms with E-state index in [0.29, 0.717) is 36.9 Å². The largest absolute Gasteiger partial charge is 0.378 e. The van der Waals surface area contributed by atoms with Gasteiger partial charge in [0.15, 0.2) is 0 Å². The van der Waals surface area contributed by atoms with Gasteiger partial charge in [-0.2, -0.15) is 0 Å². The molecule has 3 aromatic rings. The van der Waals surface area contributed by atoms with Gasteiger partial charge in [0, 0.05) is 28.4 Å². The van der Waals surface area contributed by atoms with Crippen molar-refractivity contribution >= 4 is 40.2 Å². The van der Waals surface area contributed by atoms with Crippen LogP contribution in [0.1, 0.15) is 10.4 Å². The van der Waals surface area contributed by atoms with Crippen LogP contribution in [0.3, 0.4) is 0 Å². The first-order valence-electron chi connectivity index (χ1n) is 8.41. The van der Waals surface area contributed by atoms with Gasteiger partial charge >= 0.3 is 0 Å². The molecule has 4 nitrogen and oxygen atoms in total. The van der Waals surface area contributed by atoms with Gasteiger partial charge in [-0.1, -0.05) is 41.6 Å². The van der Waals surface area contributed by atoms with Gasteiger partial charge in [-0.3, -0.25) is 4.79 Å². The van der Waals surface area contributed by atoms with Crippen molar-refractivity contribution in [2.24, 2.45) is 0 Å². The van der Waals surface area contributed by atoms with Gasteiger partial charge in [-0.25, -0.2) is 4.98 Å². The lowest BCUT2D eigenvalue weighted by atomic mass is 10.1. The highest BCUT2D eigenvalue weighted by molar-refractivity contribution is 7.99. The van der Waals surface area contributed by atoms with Crippen LogP contribution in [0, 0.1) is 0 Å². The maximum Gasteiger partial charge on any atom is 0.254 e. The second-order valence-corrected chi connectivity index (χ2v) is 7.52. The zero-order valence-electron chi connectivity index (χ0n) is 14.0. The summed E-state index contributed by atoms with van der Waals surface area (Å²) >= 11 is 7.48. The highest BCUT2D eigenvalue weighted by Crippen LogP contribution is 2.31. The summed E-state index contributed by atoms with van der Waals surface area (Å²) in [5.41, 5.74) is 1.51. The molecule has 0 spiro atoms. The Labute approximate surface area is 161 Å². The lowest BCUT2D eigenvalue weighted by Crippen LogP contribution is -2.40. The Morgan fingerprint density at radius 2 is 1.81 bits per heavy atom. The van der Waals surface area contributed by atoms with Crippen molar-refractivity contribution in [2.75, 3.05) is 26.3 Å². The minimum absolute atomic E-state index is 0.0323. The summed E-state index contributed by atoms with van der Waals surface area (Å²) in [5.74, 6) is 0.0323. The summed E-state index contributed by atoms with van der Waals surface area (Å²) < 4.78 is 5.36. The van der Waals surface area contributed by atoms with Gasteiger partial charge in [0.25, 0.3) is 5.91 Å². The molecule has 6 heteroatoms. The second-order valence-electron chi connectivity index (χ2n) is 5.99. The van der Waals surface area contributed by atoms with Gasteiger partial charge in [-0.05, 0) is 36.4 Å². The molecule has 0 saturated carbocycles. The van der Waals surface area contributed by atoms with Crippen LogP contribution >= 0.6 is 23.4 Å². The first-order valence-corrected chi connectivity index (χ1v) is 9.60. The Balaban J connectivity index is 1.72. The maximum atomic E-state index is 13.1. The topological polar surface area (TPSA) is 42.4 Å². The van der Waals surface area contributed by atoms with Crippen molar-refractivity contribution < 1.29 is 9.53 Å². The number of carbonyl (C=O) groups is 1. The molecule has 1 aromatic heterocycles. The summed E-state index contributed by atoms with van der Waals surface area (Å²) in [7, 11) is 0. The normalized spacial score (nSPS) is 14.6. The summed E-state index contributed by atoms with van der Waals surface area (Å²) in [5, 5.41) is 2.37. The molecule has 0 unspecified atom stereocenters. The van der Waals surface area contributed by atoms with E-state index in [4.69, 9.17) is 21.3 Å². The Morgan fingerprint density at radius 1 is 1.08 bits per heavy atom. The third-order valence-corrected chi connectivity index (χ3v) is 5.44. The zero-order valence-corrected chi connectivity index (χ0v) is 15.6. The number of ether oxygens (including phenoxy) is 1.